The van der Waals surface area contributed by atoms with E-state index < -0.39 is 14.8 Å². The van der Waals surface area contributed by atoms with Gasteiger partial charge in [-0.25, -0.2) is 4.79 Å². The van der Waals surface area contributed by atoms with Crippen LogP contribution in [0.2, 0.25) is 0 Å². The topological polar surface area (TPSA) is 91.0 Å². The minimum Gasteiger partial charge on any atom is -0.478 e. The van der Waals surface area contributed by atoms with Crippen LogP contribution in [-0.4, -0.2) is 47.8 Å². The van der Waals surface area contributed by atoms with Crippen molar-refractivity contribution in [1.82, 2.24) is 0 Å². The second kappa shape index (κ2) is 7.53. The van der Waals surface area contributed by atoms with Crippen LogP contribution in [0.4, 0.5) is 0 Å². The summed E-state index contributed by atoms with van der Waals surface area (Å²) >= 11 is 0. The Morgan fingerprint density at radius 2 is 1.81 bits per heavy atom. The third-order valence-electron chi connectivity index (χ3n) is 2.13. The second-order valence-corrected chi connectivity index (χ2v) is 5.80. The second-order valence-electron chi connectivity index (χ2n) is 3.08. The maximum absolute atomic E-state index is 11.0. The van der Waals surface area contributed by atoms with Crippen LogP contribution in [-0.2, 0) is 18.1 Å². The van der Waals surface area contributed by atoms with Gasteiger partial charge in [-0.3, -0.25) is 0 Å². The lowest BCUT2D eigenvalue weighted by atomic mass is 10.2. The zero-order chi connectivity index (χ0) is 12.6. The first-order chi connectivity index (χ1) is 7.55. The number of carbonyl (C=O) groups is 1. The van der Waals surface area contributed by atoms with Crippen molar-refractivity contribution < 1.29 is 23.2 Å². The normalized spacial score (nSPS) is 12.9. The summed E-state index contributed by atoms with van der Waals surface area (Å²) in [4.78, 5) is 11.0. The van der Waals surface area contributed by atoms with Gasteiger partial charge in [-0.15, -0.1) is 0 Å². The quantitative estimate of drug-likeness (QED) is 0.470. The Labute approximate surface area is 96.4 Å². The summed E-state index contributed by atoms with van der Waals surface area (Å²) in [5.74, 6) is -1.00. The van der Waals surface area contributed by atoms with Gasteiger partial charge < -0.3 is 24.1 Å². The Morgan fingerprint density at radius 3 is 2.12 bits per heavy atom. The third-order valence-corrected chi connectivity index (χ3v) is 4.54. The summed E-state index contributed by atoms with van der Waals surface area (Å²) in [5.41, 5.74) is 6.98. The van der Waals surface area contributed by atoms with E-state index in [2.05, 4.69) is 0 Å². The van der Waals surface area contributed by atoms with E-state index in [1.54, 1.807) is 0 Å². The SMILES string of the molecule is CO[Si](C=C(CCCN)C(=O)O)(OC)OC. The standard InChI is InChI=1S/C9H19NO5Si/c1-13-16(14-2,15-3)7-8(9(11)12)5-4-6-10/h7H,4-6,10H2,1-3H3,(H,11,12). The molecule has 7 heteroatoms. The molecule has 0 aliphatic carbocycles. The molecular formula is C9H19NO5Si. The fourth-order valence-electron chi connectivity index (χ4n) is 1.17. The molecule has 0 saturated heterocycles. The number of hydrogen-bond donors (Lipinski definition) is 2. The highest BCUT2D eigenvalue weighted by molar-refractivity contribution is 6.66. The molecule has 94 valence electrons. The molecule has 0 spiro atoms. The van der Waals surface area contributed by atoms with E-state index >= 15 is 0 Å². The molecule has 6 nitrogen and oxygen atoms in total. The summed E-state index contributed by atoms with van der Waals surface area (Å²) in [6.45, 7) is 0.437. The van der Waals surface area contributed by atoms with Crippen LogP contribution in [0, 0.1) is 0 Å². The maximum atomic E-state index is 11.0. The molecule has 0 aromatic heterocycles. The Balaban J connectivity index is 4.91. The fraction of sp³-hybridized carbons (Fsp3) is 0.667. The van der Waals surface area contributed by atoms with Crippen LogP contribution in [0.5, 0.6) is 0 Å². The van der Waals surface area contributed by atoms with Crippen LogP contribution >= 0.6 is 0 Å². The van der Waals surface area contributed by atoms with Gasteiger partial charge in [0.15, 0.2) is 0 Å². The van der Waals surface area contributed by atoms with Crippen molar-refractivity contribution in [3.05, 3.63) is 11.3 Å². The van der Waals surface area contributed by atoms with Gasteiger partial charge in [-0.2, -0.15) is 0 Å². The van der Waals surface area contributed by atoms with E-state index in [1.807, 2.05) is 0 Å². The fourth-order valence-corrected chi connectivity index (χ4v) is 2.72. The highest BCUT2D eigenvalue weighted by Gasteiger charge is 2.36. The van der Waals surface area contributed by atoms with Crippen LogP contribution < -0.4 is 5.73 Å². The third kappa shape index (κ3) is 4.41. The van der Waals surface area contributed by atoms with Crippen molar-refractivity contribution >= 4 is 14.8 Å². The van der Waals surface area contributed by atoms with Crippen molar-refractivity contribution in [1.29, 1.82) is 0 Å². The van der Waals surface area contributed by atoms with E-state index in [-0.39, 0.29) is 5.57 Å². The molecule has 0 bridgehead atoms. The largest absolute Gasteiger partial charge is 0.529 e. The summed E-state index contributed by atoms with van der Waals surface area (Å²) in [6.07, 6.45) is 0.969. The smallest absolute Gasteiger partial charge is 0.478 e. The molecule has 0 radical (unpaired) electrons. The molecule has 0 rings (SSSR count). The van der Waals surface area contributed by atoms with Crippen molar-refractivity contribution in [2.24, 2.45) is 5.73 Å². The number of nitrogens with two attached hydrogens (primary N) is 1. The van der Waals surface area contributed by atoms with Crippen LogP contribution in [0.1, 0.15) is 12.8 Å². The predicted octanol–water partition coefficient (Wildman–Crippen LogP) is 0.154. The van der Waals surface area contributed by atoms with Crippen LogP contribution in [0.3, 0.4) is 0 Å². The van der Waals surface area contributed by atoms with Gasteiger partial charge in [0.25, 0.3) is 0 Å². The minimum atomic E-state index is -2.98. The molecule has 0 unspecified atom stereocenters. The molecule has 3 N–H and O–H groups in total. The molecule has 0 aromatic rings. The lowest BCUT2D eigenvalue weighted by Crippen LogP contribution is -2.41. The lowest BCUT2D eigenvalue weighted by Gasteiger charge is -2.21. The monoisotopic (exact) mass is 249 g/mol. The Kier molecular flexibility index (Phi) is 7.18. The molecule has 0 atom stereocenters. The van der Waals surface area contributed by atoms with Gasteiger partial charge in [-0.05, 0) is 25.1 Å². The molecule has 0 saturated carbocycles. The van der Waals surface area contributed by atoms with Gasteiger partial charge in [0.2, 0.25) is 0 Å². The minimum absolute atomic E-state index is 0.211. The molecule has 0 aliphatic heterocycles. The average Bonchev–Trinajstić information content (AvgIpc) is 2.30. The van der Waals surface area contributed by atoms with E-state index in [0.29, 0.717) is 19.4 Å². The maximum Gasteiger partial charge on any atom is 0.529 e. The van der Waals surface area contributed by atoms with Gasteiger partial charge >= 0.3 is 14.8 Å². The first-order valence-electron chi connectivity index (χ1n) is 4.85. The number of hydrogen-bond acceptors (Lipinski definition) is 5. The Hall–Kier alpha value is -0.733. The molecule has 0 amide bonds. The molecule has 0 fully saturated rings. The number of carboxylic acids is 1. The highest BCUT2D eigenvalue weighted by atomic mass is 28.4. The van der Waals surface area contributed by atoms with Crippen molar-refractivity contribution in [2.45, 2.75) is 12.8 Å². The first-order valence-corrected chi connectivity index (χ1v) is 6.66. The van der Waals surface area contributed by atoms with Crippen LogP contribution in [0.25, 0.3) is 0 Å². The molecule has 16 heavy (non-hydrogen) atoms. The van der Waals surface area contributed by atoms with Gasteiger partial charge in [0, 0.05) is 26.9 Å². The zero-order valence-corrected chi connectivity index (χ0v) is 10.9. The van der Waals surface area contributed by atoms with Gasteiger partial charge in [0.05, 0.1) is 0 Å². The zero-order valence-electron chi connectivity index (χ0n) is 9.86. The molecule has 0 aliphatic rings. The number of aliphatic carboxylic acids is 1. The Morgan fingerprint density at radius 1 is 1.31 bits per heavy atom. The number of rotatable bonds is 8. The van der Waals surface area contributed by atoms with Gasteiger partial charge in [0.1, 0.15) is 0 Å². The van der Waals surface area contributed by atoms with E-state index in [0.717, 1.165) is 0 Å². The summed E-state index contributed by atoms with van der Waals surface area (Å²) in [6, 6.07) is 0. The molecular weight excluding hydrogens is 230 g/mol. The molecule has 0 heterocycles. The van der Waals surface area contributed by atoms with Crippen molar-refractivity contribution in [2.75, 3.05) is 27.9 Å². The van der Waals surface area contributed by atoms with E-state index in [1.165, 1.54) is 27.0 Å². The predicted molar refractivity (Wildman–Crippen MR) is 60.8 cm³/mol. The van der Waals surface area contributed by atoms with Crippen molar-refractivity contribution in [3.63, 3.8) is 0 Å². The summed E-state index contributed by atoms with van der Waals surface area (Å²) < 4.78 is 15.4. The first kappa shape index (κ1) is 15.3. The van der Waals surface area contributed by atoms with E-state index in [9.17, 15) is 4.79 Å². The summed E-state index contributed by atoms with van der Waals surface area (Å²) in [7, 11) is 1.31. The summed E-state index contributed by atoms with van der Waals surface area (Å²) in [5, 5.41) is 9.00. The van der Waals surface area contributed by atoms with E-state index in [4.69, 9.17) is 24.1 Å². The average molecular weight is 249 g/mol. The highest BCUT2D eigenvalue weighted by Crippen LogP contribution is 2.14. The van der Waals surface area contributed by atoms with Crippen molar-refractivity contribution in [3.8, 4) is 0 Å². The molecule has 0 aromatic carbocycles. The van der Waals surface area contributed by atoms with Gasteiger partial charge in [-0.1, -0.05) is 0 Å². The lowest BCUT2D eigenvalue weighted by molar-refractivity contribution is -0.132. The van der Waals surface area contributed by atoms with Crippen LogP contribution in [0.15, 0.2) is 11.3 Å². The Bertz CT molecular complexity index is 244. The number of carboxylic acid groups (broad SMARTS) is 1.